The lowest BCUT2D eigenvalue weighted by Gasteiger charge is -2.24. The van der Waals surface area contributed by atoms with Gasteiger partial charge in [0.1, 0.15) is 6.04 Å². The fourth-order valence-corrected chi connectivity index (χ4v) is 3.22. The van der Waals surface area contributed by atoms with E-state index in [-0.39, 0.29) is 12.8 Å². The molecule has 1 atom stereocenters. The third-order valence-corrected chi connectivity index (χ3v) is 4.55. The van der Waals surface area contributed by atoms with E-state index < -0.39 is 39.7 Å². The summed E-state index contributed by atoms with van der Waals surface area (Å²) in [6, 6.07) is -1.64. The molecule has 1 unspecified atom stereocenters. The Bertz CT molecular complexity index is 413. The van der Waals surface area contributed by atoms with Gasteiger partial charge in [-0.2, -0.15) is 0 Å². The van der Waals surface area contributed by atoms with Crippen LogP contribution in [0.4, 0.5) is 0 Å². The third-order valence-electron chi connectivity index (χ3n) is 2.59. The largest absolute Gasteiger partial charge is 0.481 e. The average molecular weight is 281 g/mol. The van der Waals surface area contributed by atoms with Crippen molar-refractivity contribution < 1.29 is 33.0 Å². The van der Waals surface area contributed by atoms with Gasteiger partial charge in [0.2, 0.25) is 10.0 Å². The first-order valence-electron chi connectivity index (χ1n) is 5.36. The first-order chi connectivity index (χ1) is 8.33. The van der Waals surface area contributed by atoms with Crippen molar-refractivity contribution in [1.29, 1.82) is 0 Å². The number of hydrogen-bond donors (Lipinski definition) is 3. The van der Waals surface area contributed by atoms with Gasteiger partial charge in [-0.05, 0) is 12.8 Å². The van der Waals surface area contributed by atoms with Gasteiger partial charge in [-0.15, -0.1) is 0 Å². The van der Waals surface area contributed by atoms with E-state index >= 15 is 0 Å². The monoisotopic (exact) mass is 281 g/mol. The van der Waals surface area contributed by atoms with Gasteiger partial charge in [0.15, 0.2) is 0 Å². The molecule has 8 nitrogen and oxygen atoms in total. The first kappa shape index (κ1) is 14.9. The van der Waals surface area contributed by atoms with E-state index in [1.165, 1.54) is 0 Å². The van der Waals surface area contributed by atoms with E-state index in [1.807, 2.05) is 4.72 Å². The number of aliphatic carboxylic acids is 2. The number of carbonyl (C=O) groups is 2. The summed E-state index contributed by atoms with van der Waals surface area (Å²) in [4.78, 5) is 21.2. The number of sulfonamides is 1. The van der Waals surface area contributed by atoms with Crippen LogP contribution in [0.3, 0.4) is 0 Å². The summed E-state index contributed by atoms with van der Waals surface area (Å²) in [7, 11) is -3.85. The minimum atomic E-state index is -3.85. The Labute approximate surface area is 104 Å². The van der Waals surface area contributed by atoms with Crippen LogP contribution in [0, 0.1) is 0 Å². The fourth-order valence-electron chi connectivity index (χ4n) is 1.63. The Morgan fingerprint density at radius 3 is 2.28 bits per heavy atom. The molecule has 1 aliphatic heterocycles. The van der Waals surface area contributed by atoms with E-state index in [4.69, 9.17) is 14.9 Å². The van der Waals surface area contributed by atoms with Gasteiger partial charge in [-0.3, -0.25) is 9.59 Å². The maximum Gasteiger partial charge on any atom is 0.322 e. The van der Waals surface area contributed by atoms with Crippen LogP contribution in [0.15, 0.2) is 0 Å². The maximum atomic E-state index is 11.9. The van der Waals surface area contributed by atoms with Gasteiger partial charge in [-0.1, -0.05) is 0 Å². The molecule has 0 saturated carbocycles. The van der Waals surface area contributed by atoms with Crippen LogP contribution in [-0.2, 0) is 24.3 Å². The zero-order chi connectivity index (χ0) is 13.8. The molecule has 0 aromatic carbocycles. The molecule has 104 valence electrons. The second-order valence-corrected chi connectivity index (χ2v) is 5.96. The van der Waals surface area contributed by atoms with Crippen LogP contribution in [0.5, 0.6) is 0 Å². The highest BCUT2D eigenvalue weighted by Crippen LogP contribution is 2.15. The number of carboxylic acid groups (broad SMARTS) is 2. The fraction of sp³-hybridized carbons (Fsp3) is 0.778. The van der Waals surface area contributed by atoms with Gasteiger partial charge >= 0.3 is 11.9 Å². The van der Waals surface area contributed by atoms with Gasteiger partial charge in [0, 0.05) is 13.2 Å². The molecule has 1 aliphatic rings. The highest BCUT2D eigenvalue weighted by molar-refractivity contribution is 7.90. The van der Waals surface area contributed by atoms with Gasteiger partial charge in [-0.25, -0.2) is 13.1 Å². The second-order valence-electron chi connectivity index (χ2n) is 3.96. The van der Waals surface area contributed by atoms with Crippen molar-refractivity contribution in [2.45, 2.75) is 30.6 Å². The molecule has 0 aromatic heterocycles. The van der Waals surface area contributed by atoms with Crippen molar-refractivity contribution >= 4 is 22.0 Å². The normalized spacial score (nSPS) is 19.3. The van der Waals surface area contributed by atoms with Crippen LogP contribution < -0.4 is 4.72 Å². The van der Waals surface area contributed by atoms with Crippen LogP contribution in [-0.4, -0.2) is 55.1 Å². The Morgan fingerprint density at radius 2 is 1.83 bits per heavy atom. The Balaban J connectivity index is 2.71. The first-order valence-corrected chi connectivity index (χ1v) is 6.91. The average Bonchev–Trinajstić information content (AvgIpc) is 2.28. The quantitative estimate of drug-likeness (QED) is 0.570. The predicted molar refractivity (Wildman–Crippen MR) is 59.6 cm³/mol. The standard InChI is InChI=1S/C9H15NO7S/c11-8(12)5-7(9(13)14)10-18(15,16)6-1-3-17-4-2-6/h6-7,10H,1-5H2,(H,11,12)(H,13,14). The van der Waals surface area contributed by atoms with Crippen LogP contribution in [0.2, 0.25) is 0 Å². The van der Waals surface area contributed by atoms with E-state index in [0.717, 1.165) is 0 Å². The molecule has 0 amide bonds. The second kappa shape index (κ2) is 6.12. The zero-order valence-electron chi connectivity index (χ0n) is 9.53. The number of hydrogen-bond acceptors (Lipinski definition) is 5. The van der Waals surface area contributed by atoms with E-state index in [9.17, 15) is 18.0 Å². The third kappa shape index (κ3) is 4.24. The van der Waals surface area contributed by atoms with Crippen LogP contribution in [0.25, 0.3) is 0 Å². The van der Waals surface area contributed by atoms with Crippen molar-refractivity contribution in [3.8, 4) is 0 Å². The highest BCUT2D eigenvalue weighted by atomic mass is 32.2. The van der Waals surface area contributed by atoms with Crippen molar-refractivity contribution in [3.05, 3.63) is 0 Å². The summed E-state index contributed by atoms with van der Waals surface area (Å²) in [5, 5.41) is 16.6. The summed E-state index contributed by atoms with van der Waals surface area (Å²) < 4.78 is 30.7. The molecule has 0 spiro atoms. The van der Waals surface area contributed by atoms with Gasteiger partial charge in [0.25, 0.3) is 0 Å². The molecule has 1 heterocycles. The topological polar surface area (TPSA) is 130 Å². The molecule has 3 N–H and O–H groups in total. The lowest BCUT2D eigenvalue weighted by Crippen LogP contribution is -2.47. The number of rotatable bonds is 6. The molecule has 1 rings (SSSR count). The molecule has 1 fully saturated rings. The van der Waals surface area contributed by atoms with Crippen molar-refractivity contribution in [2.75, 3.05) is 13.2 Å². The molecule has 18 heavy (non-hydrogen) atoms. The summed E-state index contributed by atoms with van der Waals surface area (Å²) in [6.07, 6.45) is -0.249. The lowest BCUT2D eigenvalue weighted by molar-refractivity contribution is -0.145. The van der Waals surface area contributed by atoms with Gasteiger partial charge in [0.05, 0.1) is 11.7 Å². The minimum absolute atomic E-state index is 0.273. The number of ether oxygens (including phenoxy) is 1. The number of carboxylic acids is 2. The van der Waals surface area contributed by atoms with Crippen molar-refractivity contribution in [3.63, 3.8) is 0 Å². The van der Waals surface area contributed by atoms with Crippen LogP contribution in [0.1, 0.15) is 19.3 Å². The Morgan fingerprint density at radius 1 is 1.28 bits per heavy atom. The summed E-state index contributed by atoms with van der Waals surface area (Å²) >= 11 is 0. The van der Waals surface area contributed by atoms with E-state index in [0.29, 0.717) is 13.2 Å². The molecular weight excluding hydrogens is 266 g/mol. The molecule has 1 saturated heterocycles. The summed E-state index contributed by atoms with van der Waals surface area (Å²) in [6.45, 7) is 0.588. The lowest BCUT2D eigenvalue weighted by atomic mass is 10.2. The van der Waals surface area contributed by atoms with E-state index in [1.54, 1.807) is 0 Å². The summed E-state index contributed by atoms with van der Waals surface area (Å²) in [5.74, 6) is -2.88. The molecule has 9 heteroatoms. The number of nitrogens with one attached hydrogen (secondary N) is 1. The molecular formula is C9H15NO7S. The minimum Gasteiger partial charge on any atom is -0.481 e. The Kier molecular flexibility index (Phi) is 5.05. The van der Waals surface area contributed by atoms with Gasteiger partial charge < -0.3 is 14.9 Å². The Hall–Kier alpha value is -1.19. The smallest absolute Gasteiger partial charge is 0.322 e. The molecule has 0 bridgehead atoms. The van der Waals surface area contributed by atoms with Crippen LogP contribution >= 0.6 is 0 Å². The predicted octanol–water partition coefficient (Wildman–Crippen LogP) is -0.987. The van der Waals surface area contributed by atoms with E-state index in [2.05, 4.69) is 0 Å². The van der Waals surface area contributed by atoms with Crippen molar-refractivity contribution in [1.82, 2.24) is 4.72 Å². The SMILES string of the molecule is O=C(O)CC(NS(=O)(=O)C1CCOCC1)C(=O)O. The summed E-state index contributed by atoms with van der Waals surface area (Å²) in [5.41, 5.74) is 0. The van der Waals surface area contributed by atoms with Crippen molar-refractivity contribution in [2.24, 2.45) is 0 Å². The zero-order valence-corrected chi connectivity index (χ0v) is 10.4. The molecule has 0 radical (unpaired) electrons. The molecule has 0 aliphatic carbocycles. The molecule has 0 aromatic rings. The maximum absolute atomic E-state index is 11.9. The highest BCUT2D eigenvalue weighted by Gasteiger charge is 2.33.